The minimum absolute atomic E-state index is 0.164. The normalized spacial score (nSPS) is 28.5. The molecule has 1 aliphatic heterocycles. The lowest BCUT2D eigenvalue weighted by Gasteiger charge is -2.42. The van der Waals surface area contributed by atoms with Gasteiger partial charge in [-0.25, -0.2) is 0 Å². The zero-order chi connectivity index (χ0) is 16.1. The number of benzene rings is 1. The molecular weight excluding hydrogens is 278 g/mol. The molecule has 1 fully saturated rings. The zero-order valence-electron chi connectivity index (χ0n) is 14.1. The average Bonchev–Trinajstić information content (AvgIpc) is 2.52. The first-order valence-corrected chi connectivity index (χ1v) is 8.30. The molecule has 1 saturated heterocycles. The highest BCUT2D eigenvalue weighted by Crippen LogP contribution is 2.35. The molecule has 0 bridgehead atoms. The van der Waals surface area contributed by atoms with E-state index in [0.717, 1.165) is 44.5 Å². The summed E-state index contributed by atoms with van der Waals surface area (Å²) in [5.41, 5.74) is 0.542. The molecule has 4 nitrogen and oxygen atoms in total. The van der Waals surface area contributed by atoms with Crippen molar-refractivity contribution in [2.24, 2.45) is 0 Å². The Balaban J connectivity index is 1.75. The molecular formula is C18H30NO3+. The summed E-state index contributed by atoms with van der Waals surface area (Å²) in [6.07, 6.45) is 3.26. The van der Waals surface area contributed by atoms with Gasteiger partial charge in [-0.15, -0.1) is 0 Å². The first-order valence-electron chi connectivity index (χ1n) is 8.30. The van der Waals surface area contributed by atoms with Crippen LogP contribution in [0.4, 0.5) is 0 Å². The number of rotatable bonds is 7. The lowest BCUT2D eigenvalue weighted by molar-refractivity contribution is -0.672. The van der Waals surface area contributed by atoms with Crippen molar-refractivity contribution in [3.63, 3.8) is 0 Å². The quantitative estimate of drug-likeness (QED) is 0.756. The Kier molecular flexibility index (Phi) is 5.84. The first kappa shape index (κ1) is 17.3. The van der Waals surface area contributed by atoms with Gasteiger partial charge in [0.1, 0.15) is 12.3 Å². The molecule has 2 rings (SSSR count). The molecule has 0 unspecified atom stereocenters. The summed E-state index contributed by atoms with van der Waals surface area (Å²) < 4.78 is 11.0. The van der Waals surface area contributed by atoms with Crippen LogP contribution in [0.5, 0.6) is 5.75 Å². The van der Waals surface area contributed by atoms with Crippen LogP contribution in [-0.4, -0.2) is 36.6 Å². The average molecular weight is 308 g/mol. The topological polar surface area (TPSA) is 55.3 Å². The Morgan fingerprint density at radius 1 is 1.32 bits per heavy atom. The lowest BCUT2D eigenvalue weighted by atomic mass is 9.80. The second kappa shape index (κ2) is 7.44. The smallest absolute Gasteiger partial charge is 0.118 e. The molecule has 1 aromatic carbocycles. The molecule has 0 saturated carbocycles. The van der Waals surface area contributed by atoms with Crippen molar-refractivity contribution in [1.29, 1.82) is 0 Å². The molecule has 22 heavy (non-hydrogen) atoms. The summed E-state index contributed by atoms with van der Waals surface area (Å²) in [5.74, 6) is 0.888. The van der Waals surface area contributed by atoms with E-state index in [4.69, 9.17) is 9.47 Å². The first-order chi connectivity index (χ1) is 10.5. The van der Waals surface area contributed by atoms with Gasteiger partial charge in [-0.3, -0.25) is 0 Å². The molecule has 0 radical (unpaired) electrons. The van der Waals surface area contributed by atoms with E-state index in [1.165, 1.54) is 5.56 Å². The van der Waals surface area contributed by atoms with Crippen molar-refractivity contribution >= 4 is 0 Å². The number of hydrogen-bond donors (Lipinski definition) is 2. The lowest BCUT2D eigenvalue weighted by Crippen LogP contribution is -2.83. The van der Waals surface area contributed by atoms with Crippen molar-refractivity contribution in [3.05, 3.63) is 29.8 Å². The van der Waals surface area contributed by atoms with E-state index in [1.807, 2.05) is 12.1 Å². The molecule has 0 aromatic heterocycles. The van der Waals surface area contributed by atoms with E-state index in [-0.39, 0.29) is 5.60 Å². The van der Waals surface area contributed by atoms with Gasteiger partial charge in [-0.1, -0.05) is 6.92 Å². The monoisotopic (exact) mass is 308 g/mol. The molecule has 4 heteroatoms. The molecule has 1 aromatic rings. The zero-order valence-corrected chi connectivity index (χ0v) is 14.1. The Morgan fingerprint density at radius 3 is 2.68 bits per heavy atom. The summed E-state index contributed by atoms with van der Waals surface area (Å²) in [6, 6.07) is 8.16. The van der Waals surface area contributed by atoms with Crippen LogP contribution in [0.2, 0.25) is 0 Å². The van der Waals surface area contributed by atoms with Crippen molar-refractivity contribution in [3.8, 4) is 5.75 Å². The summed E-state index contributed by atoms with van der Waals surface area (Å²) in [6.45, 7) is 6.77. The minimum atomic E-state index is -0.570. The van der Waals surface area contributed by atoms with Gasteiger partial charge in [0.05, 0.1) is 31.5 Å². The van der Waals surface area contributed by atoms with Crippen molar-refractivity contribution in [2.75, 3.05) is 20.3 Å². The number of methoxy groups -OCH3 is 1. The van der Waals surface area contributed by atoms with E-state index in [1.54, 1.807) is 7.11 Å². The second-order valence-corrected chi connectivity index (χ2v) is 6.68. The number of quaternary nitrogens is 1. The Bertz CT molecular complexity index is 462. The predicted molar refractivity (Wildman–Crippen MR) is 86.9 cm³/mol. The van der Waals surface area contributed by atoms with Gasteiger partial charge in [0.15, 0.2) is 0 Å². The molecule has 0 spiro atoms. The number of ether oxygens (including phenoxy) is 2. The third kappa shape index (κ3) is 4.70. The maximum atomic E-state index is 10.8. The molecule has 0 amide bonds. The standard InChI is InChI=1S/C18H29NO3/c1-4-17(2)14-18(20,10-12-22-17)9-11-19-13-15-5-7-16(21-3)8-6-15/h5-8,19-20H,4,9-14H2,1-3H3/p+1/t17-,18-/m1/s1. The van der Waals surface area contributed by atoms with Gasteiger partial charge in [-0.05, 0) is 44.0 Å². The largest absolute Gasteiger partial charge is 0.497 e. The van der Waals surface area contributed by atoms with Gasteiger partial charge in [0, 0.05) is 18.4 Å². The number of hydrogen-bond acceptors (Lipinski definition) is 3. The van der Waals surface area contributed by atoms with E-state index >= 15 is 0 Å². The second-order valence-electron chi connectivity index (χ2n) is 6.68. The fourth-order valence-electron chi connectivity index (χ4n) is 3.16. The van der Waals surface area contributed by atoms with Gasteiger partial charge in [-0.2, -0.15) is 0 Å². The van der Waals surface area contributed by atoms with Gasteiger partial charge < -0.3 is 19.9 Å². The van der Waals surface area contributed by atoms with Crippen LogP contribution in [0.3, 0.4) is 0 Å². The fourth-order valence-corrected chi connectivity index (χ4v) is 3.16. The Hall–Kier alpha value is -1.10. The van der Waals surface area contributed by atoms with Gasteiger partial charge in [0.2, 0.25) is 0 Å². The van der Waals surface area contributed by atoms with Crippen LogP contribution in [0.1, 0.15) is 45.1 Å². The maximum absolute atomic E-state index is 10.8. The third-order valence-electron chi connectivity index (χ3n) is 4.82. The maximum Gasteiger partial charge on any atom is 0.118 e. The molecule has 3 N–H and O–H groups in total. The van der Waals surface area contributed by atoms with E-state index in [0.29, 0.717) is 6.61 Å². The predicted octanol–water partition coefficient (Wildman–Crippen LogP) is 1.86. The summed E-state index contributed by atoms with van der Waals surface area (Å²) in [4.78, 5) is 0. The van der Waals surface area contributed by atoms with Crippen LogP contribution in [0, 0.1) is 0 Å². The third-order valence-corrected chi connectivity index (χ3v) is 4.82. The van der Waals surface area contributed by atoms with Crippen molar-refractivity contribution in [1.82, 2.24) is 0 Å². The molecule has 2 atom stereocenters. The highest BCUT2D eigenvalue weighted by Gasteiger charge is 2.40. The van der Waals surface area contributed by atoms with E-state index in [9.17, 15) is 5.11 Å². The molecule has 1 aliphatic rings. The summed E-state index contributed by atoms with van der Waals surface area (Å²) >= 11 is 0. The van der Waals surface area contributed by atoms with Gasteiger partial charge in [0.25, 0.3) is 0 Å². The number of nitrogens with two attached hydrogens (primary N) is 1. The summed E-state index contributed by atoms with van der Waals surface area (Å²) in [5, 5.41) is 13.0. The Morgan fingerprint density at radius 2 is 2.05 bits per heavy atom. The van der Waals surface area contributed by atoms with Crippen molar-refractivity contribution < 1.29 is 19.9 Å². The molecule has 124 valence electrons. The number of aliphatic hydroxyl groups is 1. The van der Waals surface area contributed by atoms with Crippen LogP contribution in [0.25, 0.3) is 0 Å². The van der Waals surface area contributed by atoms with E-state index < -0.39 is 5.60 Å². The van der Waals surface area contributed by atoms with Crippen LogP contribution < -0.4 is 10.1 Å². The fraction of sp³-hybridized carbons (Fsp3) is 0.667. The van der Waals surface area contributed by atoms with Crippen LogP contribution in [-0.2, 0) is 11.3 Å². The van der Waals surface area contributed by atoms with Crippen molar-refractivity contribution in [2.45, 2.75) is 57.3 Å². The Labute approximate surface area is 133 Å². The summed E-state index contributed by atoms with van der Waals surface area (Å²) in [7, 11) is 1.68. The highest BCUT2D eigenvalue weighted by molar-refractivity contribution is 5.26. The SMILES string of the molecule is CC[C@]1(C)C[C@@](O)(CC[NH2+]Cc2ccc(OC)cc2)CCO1. The van der Waals surface area contributed by atoms with E-state index in [2.05, 4.69) is 31.3 Å². The molecule has 1 heterocycles. The van der Waals surface area contributed by atoms with Gasteiger partial charge >= 0.3 is 0 Å². The molecule has 0 aliphatic carbocycles. The van der Waals surface area contributed by atoms with Crippen LogP contribution >= 0.6 is 0 Å². The highest BCUT2D eigenvalue weighted by atomic mass is 16.5. The van der Waals surface area contributed by atoms with Crippen LogP contribution in [0.15, 0.2) is 24.3 Å². The minimum Gasteiger partial charge on any atom is -0.497 e.